The lowest BCUT2D eigenvalue weighted by Crippen LogP contribution is -2.49. The second kappa shape index (κ2) is 9.53. The summed E-state index contributed by atoms with van der Waals surface area (Å²) in [5, 5.41) is 7.24. The van der Waals surface area contributed by atoms with E-state index in [0.717, 1.165) is 69.3 Å². The number of nitrogens with one attached hydrogen (secondary N) is 3. The molecule has 3 aliphatic rings. The Bertz CT molecular complexity index is 963. The standard InChI is InChI=1S/C24H36N4O3S/c1-24(2,28-13-3-4-14-28)17-25-12-7-15-32(30,31)27-23(29)26-22-20-10-5-8-18(20)16-19-9-6-11-21(19)22/h7,15-16,25H,3-6,8-14,17H2,1-2H3,(H2,26,27,29)/b15-7+. The lowest BCUT2D eigenvalue weighted by molar-refractivity contribution is 0.153. The Morgan fingerprint density at radius 3 is 2.28 bits per heavy atom. The molecule has 7 nitrogen and oxygen atoms in total. The zero-order valence-electron chi connectivity index (χ0n) is 19.3. The van der Waals surface area contributed by atoms with E-state index in [2.05, 4.69) is 40.2 Å². The first kappa shape index (κ1) is 23.3. The van der Waals surface area contributed by atoms with Crippen LogP contribution in [0.1, 0.15) is 61.8 Å². The molecule has 32 heavy (non-hydrogen) atoms. The number of benzene rings is 1. The van der Waals surface area contributed by atoms with E-state index < -0.39 is 16.1 Å². The fraction of sp³-hybridized carbons (Fsp3) is 0.625. The fourth-order valence-corrected chi connectivity index (χ4v) is 6.07. The Hall–Kier alpha value is -1.90. The summed E-state index contributed by atoms with van der Waals surface area (Å²) in [7, 11) is -3.85. The van der Waals surface area contributed by atoms with Crippen molar-refractivity contribution in [2.75, 3.05) is 31.5 Å². The van der Waals surface area contributed by atoms with Crippen molar-refractivity contribution in [3.05, 3.63) is 39.8 Å². The van der Waals surface area contributed by atoms with E-state index in [-0.39, 0.29) is 5.54 Å². The van der Waals surface area contributed by atoms with Gasteiger partial charge in [-0.25, -0.2) is 17.9 Å². The van der Waals surface area contributed by atoms with Gasteiger partial charge in [0.05, 0.1) is 0 Å². The van der Waals surface area contributed by atoms with Crippen molar-refractivity contribution in [1.82, 2.24) is 14.9 Å². The maximum atomic E-state index is 12.5. The van der Waals surface area contributed by atoms with E-state index in [1.54, 1.807) is 6.08 Å². The van der Waals surface area contributed by atoms with Crippen molar-refractivity contribution in [3.63, 3.8) is 0 Å². The Morgan fingerprint density at radius 1 is 1.03 bits per heavy atom. The molecule has 1 aromatic carbocycles. The van der Waals surface area contributed by atoms with Crippen LogP contribution < -0.4 is 15.4 Å². The number of carbonyl (C=O) groups excluding carboxylic acids is 1. The second-order valence-corrected chi connectivity index (χ2v) is 11.4. The third-order valence-electron chi connectivity index (χ3n) is 7.00. The van der Waals surface area contributed by atoms with Crippen molar-refractivity contribution >= 4 is 21.7 Å². The van der Waals surface area contributed by atoms with Crippen molar-refractivity contribution in [2.24, 2.45) is 0 Å². The van der Waals surface area contributed by atoms with Crippen LogP contribution in [0.3, 0.4) is 0 Å². The normalized spacial score (nSPS) is 18.8. The van der Waals surface area contributed by atoms with Gasteiger partial charge in [-0.15, -0.1) is 0 Å². The minimum absolute atomic E-state index is 0.0392. The number of urea groups is 1. The number of nitrogens with zero attached hydrogens (tertiary/aromatic N) is 1. The highest BCUT2D eigenvalue weighted by Gasteiger charge is 2.28. The molecule has 1 heterocycles. The van der Waals surface area contributed by atoms with Gasteiger partial charge >= 0.3 is 6.03 Å². The quantitative estimate of drug-likeness (QED) is 0.519. The summed E-state index contributed by atoms with van der Waals surface area (Å²) < 4.78 is 26.9. The number of carbonyl (C=O) groups is 1. The number of amides is 2. The van der Waals surface area contributed by atoms with Gasteiger partial charge in [0, 0.05) is 29.7 Å². The predicted molar refractivity (Wildman–Crippen MR) is 128 cm³/mol. The molecule has 1 fully saturated rings. The number of likely N-dealkylation sites (tertiary alicyclic amines) is 1. The highest BCUT2D eigenvalue weighted by Crippen LogP contribution is 2.38. The molecule has 0 saturated carbocycles. The number of sulfonamides is 1. The van der Waals surface area contributed by atoms with Gasteiger partial charge in [-0.1, -0.05) is 12.1 Å². The molecular formula is C24H36N4O3S. The van der Waals surface area contributed by atoms with E-state index in [4.69, 9.17) is 0 Å². The Kier molecular flexibility index (Phi) is 6.93. The topological polar surface area (TPSA) is 90.5 Å². The van der Waals surface area contributed by atoms with Gasteiger partial charge < -0.3 is 10.6 Å². The molecule has 0 unspecified atom stereocenters. The van der Waals surface area contributed by atoms with Crippen LogP contribution >= 0.6 is 0 Å². The monoisotopic (exact) mass is 460 g/mol. The van der Waals surface area contributed by atoms with Gasteiger partial charge in [0.1, 0.15) is 0 Å². The van der Waals surface area contributed by atoms with Gasteiger partial charge in [0.25, 0.3) is 10.0 Å². The fourth-order valence-electron chi connectivity index (χ4n) is 5.34. The number of anilines is 1. The largest absolute Gasteiger partial charge is 0.333 e. The number of hydrogen-bond acceptors (Lipinski definition) is 5. The Balaban J connectivity index is 1.30. The third kappa shape index (κ3) is 5.35. The van der Waals surface area contributed by atoms with E-state index in [0.29, 0.717) is 6.54 Å². The van der Waals surface area contributed by atoms with Crippen LogP contribution in [0.2, 0.25) is 0 Å². The van der Waals surface area contributed by atoms with Crippen LogP contribution in [0.4, 0.5) is 10.5 Å². The molecule has 0 aromatic heterocycles. The van der Waals surface area contributed by atoms with Crippen LogP contribution in [-0.2, 0) is 35.7 Å². The van der Waals surface area contributed by atoms with E-state index >= 15 is 0 Å². The average Bonchev–Trinajstić information content (AvgIpc) is 3.48. The first-order chi connectivity index (χ1) is 15.3. The van der Waals surface area contributed by atoms with Gasteiger partial charge in [0.15, 0.2) is 0 Å². The molecule has 3 N–H and O–H groups in total. The first-order valence-corrected chi connectivity index (χ1v) is 13.4. The number of fused-ring (bicyclic) bond motifs is 2. The van der Waals surface area contributed by atoms with Crippen LogP contribution in [0.15, 0.2) is 17.6 Å². The number of rotatable bonds is 8. The minimum Gasteiger partial charge on any atom is -0.311 e. The SMILES string of the molecule is CC(C)(CNC/C=C/S(=O)(=O)NC(=O)Nc1c2c(cc3c1CCC3)CCC2)N1CCCC1. The van der Waals surface area contributed by atoms with Crippen molar-refractivity contribution in [1.29, 1.82) is 0 Å². The molecule has 0 radical (unpaired) electrons. The van der Waals surface area contributed by atoms with Crippen molar-refractivity contribution in [2.45, 2.75) is 70.8 Å². The Labute approximate surface area is 192 Å². The zero-order valence-corrected chi connectivity index (χ0v) is 20.1. The number of hydrogen-bond donors (Lipinski definition) is 3. The zero-order chi connectivity index (χ0) is 22.8. The Morgan fingerprint density at radius 2 is 1.66 bits per heavy atom. The molecule has 4 rings (SSSR count). The van der Waals surface area contributed by atoms with E-state index in [9.17, 15) is 13.2 Å². The highest BCUT2D eigenvalue weighted by molar-refractivity contribution is 7.92. The molecule has 1 saturated heterocycles. The summed E-state index contributed by atoms with van der Waals surface area (Å²) in [6.07, 6.45) is 10.1. The van der Waals surface area contributed by atoms with Gasteiger partial charge in [-0.05, 0) is 101 Å². The molecule has 176 valence electrons. The molecule has 2 amide bonds. The van der Waals surface area contributed by atoms with Crippen LogP contribution in [-0.4, -0.2) is 51.1 Å². The molecular weight excluding hydrogens is 424 g/mol. The second-order valence-electron chi connectivity index (χ2n) is 9.84. The molecule has 0 bridgehead atoms. The maximum absolute atomic E-state index is 12.5. The smallest absolute Gasteiger partial charge is 0.311 e. The molecule has 1 aliphatic heterocycles. The summed E-state index contributed by atoms with van der Waals surface area (Å²) >= 11 is 0. The minimum atomic E-state index is -3.85. The maximum Gasteiger partial charge on any atom is 0.333 e. The van der Waals surface area contributed by atoms with Gasteiger partial charge in [-0.3, -0.25) is 4.90 Å². The number of aryl methyl sites for hydroxylation is 2. The van der Waals surface area contributed by atoms with E-state index in [1.165, 1.54) is 35.1 Å². The van der Waals surface area contributed by atoms with Crippen LogP contribution in [0.25, 0.3) is 0 Å². The van der Waals surface area contributed by atoms with E-state index in [1.807, 2.05) is 0 Å². The molecule has 2 aliphatic carbocycles. The molecule has 0 spiro atoms. The van der Waals surface area contributed by atoms with Crippen molar-refractivity contribution in [3.8, 4) is 0 Å². The molecule has 8 heteroatoms. The lowest BCUT2D eigenvalue weighted by Gasteiger charge is -2.35. The summed E-state index contributed by atoms with van der Waals surface area (Å²) in [4.78, 5) is 15.0. The van der Waals surface area contributed by atoms with Crippen LogP contribution in [0.5, 0.6) is 0 Å². The summed E-state index contributed by atoms with van der Waals surface area (Å²) in [6, 6.07) is 1.60. The summed E-state index contributed by atoms with van der Waals surface area (Å²) in [5.74, 6) is 0. The molecule has 1 aromatic rings. The van der Waals surface area contributed by atoms with Gasteiger partial charge in [-0.2, -0.15) is 0 Å². The lowest BCUT2D eigenvalue weighted by atomic mass is 9.99. The average molecular weight is 461 g/mol. The first-order valence-electron chi connectivity index (χ1n) is 11.9. The highest BCUT2D eigenvalue weighted by atomic mass is 32.2. The summed E-state index contributed by atoms with van der Waals surface area (Å²) in [5.41, 5.74) is 5.84. The van der Waals surface area contributed by atoms with Crippen molar-refractivity contribution < 1.29 is 13.2 Å². The van der Waals surface area contributed by atoms with Gasteiger partial charge in [0.2, 0.25) is 0 Å². The molecule has 0 atom stereocenters. The summed E-state index contributed by atoms with van der Waals surface area (Å²) in [6.45, 7) is 7.84. The van der Waals surface area contributed by atoms with Crippen LogP contribution in [0, 0.1) is 0 Å². The third-order valence-corrected chi connectivity index (χ3v) is 8.02. The predicted octanol–water partition coefficient (Wildman–Crippen LogP) is 3.09.